The van der Waals surface area contributed by atoms with Gasteiger partial charge in [0.1, 0.15) is 36.2 Å². The van der Waals surface area contributed by atoms with E-state index in [0.29, 0.717) is 75.7 Å². The topological polar surface area (TPSA) is 237 Å². The summed E-state index contributed by atoms with van der Waals surface area (Å²) in [5.74, 6) is -7.77. The van der Waals surface area contributed by atoms with E-state index in [-0.39, 0.29) is 49.3 Å². The van der Waals surface area contributed by atoms with Crippen LogP contribution in [0.5, 0.6) is 0 Å². The molecule has 0 aromatic carbocycles. The van der Waals surface area contributed by atoms with Gasteiger partial charge in [0.2, 0.25) is 11.7 Å². The van der Waals surface area contributed by atoms with E-state index < -0.39 is 102 Å². The number of aliphatic hydroxyl groups excluding tert-OH is 1. The highest BCUT2D eigenvalue weighted by molar-refractivity contribution is 6.39. The van der Waals surface area contributed by atoms with Gasteiger partial charge in [-0.2, -0.15) is 0 Å². The molecule has 20 nitrogen and oxygen atoms in total. The number of ether oxygens (including phenoxy) is 6. The van der Waals surface area contributed by atoms with Crippen LogP contribution < -0.4 is 4.90 Å². The molecule has 4 aliphatic heterocycles. The van der Waals surface area contributed by atoms with Crippen molar-refractivity contribution in [1.29, 1.82) is 0 Å². The number of allylic oxidation sites excluding steroid dienone is 6. The number of nitrogens with zero attached hydrogens (tertiary/aromatic N) is 6. The van der Waals surface area contributed by atoms with Gasteiger partial charge in [0.05, 0.1) is 24.9 Å². The van der Waals surface area contributed by atoms with Crippen molar-refractivity contribution in [2.24, 2.45) is 35.5 Å². The lowest BCUT2D eigenvalue weighted by molar-refractivity contribution is -0.265. The number of ketones is 3. The van der Waals surface area contributed by atoms with E-state index in [2.05, 4.69) is 26.8 Å². The second-order valence-electron chi connectivity index (χ2n) is 24.5. The molecule has 1 aliphatic carbocycles. The Labute approximate surface area is 492 Å². The molecule has 1 aromatic rings. The fourth-order valence-electron chi connectivity index (χ4n) is 12.4. The standard InChI is InChI=1S/C63H96N6O14/c1-39-18-14-13-15-19-40(2)52(78-10)34-48-23-21-45(7)63(77,83-48)58(73)59(74)69-25-17-16-20-49(69)60(75)81-53(35-50(70)41(3)31-44(6)56(72)57(80-12)55(71)43(5)30-39)42(4)32-46-22-24-51(54(33-46)79-11)82-62(76)67(9)38-47-36-64-61(65-37-47)68-28-26-66(8)27-29-68/h13-15,18-19,31,36-37,39,41-43,45-46,48-49,51-54,56-57,72,77H,16-17,20-30,32-35,38H2,1-12H3/b15-13+,18-14+,40-19+,44-31+/t39-,41-,42-,43?,45-,46+,48+,49+,51-,52+,53+,54-,56-,57+,63-/m1/s1. The summed E-state index contributed by atoms with van der Waals surface area (Å²) in [5, 5.41) is 23.7. The molecule has 3 saturated heterocycles. The number of piperazine rings is 1. The molecule has 20 heteroatoms. The molecule has 5 aliphatic rings. The number of hydrogen-bond acceptors (Lipinski definition) is 18. The highest BCUT2D eigenvalue weighted by Gasteiger charge is 2.53. The van der Waals surface area contributed by atoms with Crippen LogP contribution in [0.2, 0.25) is 0 Å². The van der Waals surface area contributed by atoms with Gasteiger partial charge >= 0.3 is 12.1 Å². The molecule has 1 saturated carbocycles. The molecular formula is C63H96N6O14. The summed E-state index contributed by atoms with van der Waals surface area (Å²) in [6.07, 6.45) is 13.4. The van der Waals surface area contributed by atoms with Gasteiger partial charge < -0.3 is 58.2 Å². The SMILES string of the molecule is CO[C@H]1C[C@@H]2CC[C@@H](C)[C@@](O)(O2)C(=O)C(=O)N2CCCC[C@H]2C(=O)O[C@H]([C@H](C)C[C@@H]2CC[C@@H](OC(=O)N(C)Cc3cnc(N4CCN(C)CC4)nc3)[C@H](OC)C2)CC(=O)[C@H](C)/C=C(\C)[C@@H](O)[C@@H](OC)C(=O)C(C)C[C@H](C)/C=C/C=C/C=C/1C. The largest absolute Gasteiger partial charge is 0.460 e. The van der Waals surface area contributed by atoms with Gasteiger partial charge in [-0.1, -0.05) is 71.1 Å². The van der Waals surface area contributed by atoms with Gasteiger partial charge in [-0.05, 0) is 114 Å². The Balaban J connectivity index is 1.21. The van der Waals surface area contributed by atoms with Gasteiger partial charge in [0, 0.05) is 110 Å². The maximum atomic E-state index is 14.7. The van der Waals surface area contributed by atoms with Crippen LogP contribution in [0.1, 0.15) is 131 Å². The molecule has 5 heterocycles. The van der Waals surface area contributed by atoms with E-state index in [4.69, 9.17) is 28.4 Å². The van der Waals surface area contributed by atoms with E-state index >= 15 is 0 Å². The number of carbonyl (C=O) groups excluding carboxylic acids is 6. The lowest BCUT2D eigenvalue weighted by Gasteiger charge is -2.42. The Bertz CT molecular complexity index is 2480. The summed E-state index contributed by atoms with van der Waals surface area (Å²) in [4.78, 5) is 102. The number of likely N-dealkylation sites (N-methyl/N-ethyl adjacent to an activating group) is 1. The summed E-state index contributed by atoms with van der Waals surface area (Å²) in [6.45, 7) is 16.5. The van der Waals surface area contributed by atoms with E-state index in [0.717, 1.165) is 37.3 Å². The Kier molecular flexibility index (Phi) is 25.2. The first-order valence-electron chi connectivity index (χ1n) is 30.1. The Morgan fingerprint density at radius 1 is 0.843 bits per heavy atom. The number of aliphatic hydroxyl groups is 2. The number of fused-ring (bicyclic) bond motifs is 3. The first kappa shape index (κ1) is 66.9. The smallest absolute Gasteiger partial charge is 0.410 e. The molecule has 1 unspecified atom stereocenters. The average Bonchev–Trinajstić information content (AvgIpc) is 3.65. The molecule has 4 fully saturated rings. The van der Waals surface area contributed by atoms with Crippen molar-refractivity contribution >= 4 is 41.3 Å². The number of methoxy groups -OCH3 is 3. The minimum absolute atomic E-state index is 0.00262. The zero-order chi connectivity index (χ0) is 60.7. The maximum absolute atomic E-state index is 14.7. The molecule has 2 amide bonds. The normalized spacial score (nSPS) is 35.4. The van der Waals surface area contributed by atoms with Crippen molar-refractivity contribution < 1.29 is 67.4 Å². The zero-order valence-corrected chi connectivity index (χ0v) is 51.4. The molecule has 462 valence electrons. The van der Waals surface area contributed by atoms with Crippen LogP contribution in [0.15, 0.2) is 60.0 Å². The minimum atomic E-state index is -2.46. The summed E-state index contributed by atoms with van der Waals surface area (Å²) < 4.78 is 36.1. The molecule has 2 bridgehead atoms. The highest BCUT2D eigenvalue weighted by atomic mass is 16.6. The highest BCUT2D eigenvalue weighted by Crippen LogP contribution is 2.38. The predicted octanol–water partition coefficient (Wildman–Crippen LogP) is 7.00. The minimum Gasteiger partial charge on any atom is -0.460 e. The van der Waals surface area contributed by atoms with Crippen LogP contribution >= 0.6 is 0 Å². The molecular weight excluding hydrogens is 1060 g/mol. The van der Waals surface area contributed by atoms with Crippen LogP contribution in [0, 0.1) is 35.5 Å². The zero-order valence-electron chi connectivity index (χ0n) is 51.4. The number of amides is 2. The van der Waals surface area contributed by atoms with Crippen molar-refractivity contribution in [3.05, 3.63) is 65.6 Å². The Morgan fingerprint density at radius 2 is 1.55 bits per heavy atom. The second kappa shape index (κ2) is 31.3. The first-order valence-corrected chi connectivity index (χ1v) is 30.1. The molecule has 0 radical (unpaired) electrons. The van der Waals surface area contributed by atoms with Crippen LogP contribution in [0.4, 0.5) is 10.7 Å². The number of hydrogen-bond donors (Lipinski definition) is 2. The van der Waals surface area contributed by atoms with Crippen molar-refractivity contribution in [1.82, 2.24) is 24.7 Å². The summed E-state index contributed by atoms with van der Waals surface area (Å²) >= 11 is 0. The fourth-order valence-corrected chi connectivity index (χ4v) is 12.4. The monoisotopic (exact) mass is 1160 g/mol. The number of anilines is 1. The number of piperidine rings is 1. The van der Waals surface area contributed by atoms with Crippen LogP contribution in [0.25, 0.3) is 0 Å². The third-order valence-corrected chi connectivity index (χ3v) is 17.9. The first-order chi connectivity index (χ1) is 39.5. The molecule has 15 atom stereocenters. The van der Waals surface area contributed by atoms with Crippen LogP contribution in [-0.4, -0.2) is 193 Å². The number of cyclic esters (lactones) is 1. The molecule has 1 aromatic heterocycles. The number of aromatic nitrogens is 2. The Morgan fingerprint density at radius 3 is 2.23 bits per heavy atom. The quantitative estimate of drug-likeness (QED) is 0.136. The number of rotatable bonds is 10. The summed E-state index contributed by atoms with van der Waals surface area (Å²) in [5.41, 5.74) is 2.00. The molecule has 6 rings (SSSR count). The number of Topliss-reactive ketones (excluding diaryl/α,β-unsaturated/α-hetero) is 3. The lowest BCUT2D eigenvalue weighted by atomic mass is 9.78. The maximum Gasteiger partial charge on any atom is 0.410 e. The van der Waals surface area contributed by atoms with Gasteiger partial charge in [-0.3, -0.25) is 19.2 Å². The van der Waals surface area contributed by atoms with Gasteiger partial charge in [0.15, 0.2) is 5.78 Å². The van der Waals surface area contributed by atoms with Crippen molar-refractivity contribution in [3.8, 4) is 0 Å². The van der Waals surface area contributed by atoms with E-state index in [1.165, 1.54) is 16.9 Å². The molecule has 0 spiro atoms. The van der Waals surface area contributed by atoms with Crippen LogP contribution in [0.3, 0.4) is 0 Å². The Hall–Kier alpha value is -5.22. The lowest BCUT2D eigenvalue weighted by Crippen LogP contribution is -2.61. The fraction of sp³-hybridized carbons (Fsp3) is 0.714. The molecule has 83 heavy (non-hydrogen) atoms. The van der Waals surface area contributed by atoms with E-state index in [1.807, 2.05) is 58.1 Å². The van der Waals surface area contributed by atoms with Crippen molar-refractivity contribution in [3.63, 3.8) is 0 Å². The van der Waals surface area contributed by atoms with E-state index in [9.17, 15) is 39.0 Å². The van der Waals surface area contributed by atoms with Gasteiger partial charge in [0.25, 0.3) is 11.7 Å². The summed E-state index contributed by atoms with van der Waals surface area (Å²) in [7, 11) is 8.28. The third kappa shape index (κ3) is 17.9. The number of esters is 1. The van der Waals surface area contributed by atoms with E-state index in [1.54, 1.807) is 60.5 Å². The average molecular weight is 1160 g/mol. The third-order valence-electron chi connectivity index (χ3n) is 17.9. The van der Waals surface area contributed by atoms with Crippen molar-refractivity contribution in [2.75, 3.05) is 73.0 Å². The number of carbonyl (C=O) groups is 6. The van der Waals surface area contributed by atoms with Crippen molar-refractivity contribution in [2.45, 2.75) is 187 Å². The van der Waals surface area contributed by atoms with Crippen LogP contribution in [-0.2, 0) is 58.9 Å². The second-order valence-corrected chi connectivity index (χ2v) is 24.5. The molecule has 2 N–H and O–H groups in total. The van der Waals surface area contributed by atoms with Gasteiger partial charge in [-0.25, -0.2) is 19.6 Å². The predicted molar refractivity (Wildman–Crippen MR) is 313 cm³/mol. The van der Waals surface area contributed by atoms with Gasteiger partial charge in [-0.15, -0.1) is 0 Å². The summed E-state index contributed by atoms with van der Waals surface area (Å²) in [6, 6.07) is -1.19.